The summed E-state index contributed by atoms with van der Waals surface area (Å²) >= 11 is 0. The zero-order valence-corrected chi connectivity index (χ0v) is 18.2. The fraction of sp³-hybridized carbons (Fsp3) is 0.333. The lowest BCUT2D eigenvalue weighted by Gasteiger charge is -2.47. The first kappa shape index (κ1) is 20.7. The minimum Gasteiger partial charge on any atom is -0.445 e. The first-order valence-electron chi connectivity index (χ1n) is 11.2. The normalized spacial score (nSPS) is 22.5. The van der Waals surface area contributed by atoms with Crippen molar-refractivity contribution in [2.45, 2.75) is 38.5 Å². The van der Waals surface area contributed by atoms with Crippen molar-refractivity contribution in [1.29, 1.82) is 0 Å². The molecule has 0 saturated carbocycles. The van der Waals surface area contributed by atoms with Crippen molar-refractivity contribution in [3.05, 3.63) is 83.4 Å². The van der Waals surface area contributed by atoms with E-state index < -0.39 is 0 Å². The molecule has 164 valence electrons. The van der Waals surface area contributed by atoms with Gasteiger partial charge in [-0.05, 0) is 41.7 Å². The van der Waals surface area contributed by atoms with Gasteiger partial charge in [-0.3, -0.25) is 9.69 Å². The van der Waals surface area contributed by atoms with Crippen LogP contribution in [0.15, 0.2) is 66.7 Å². The summed E-state index contributed by atoms with van der Waals surface area (Å²) in [7, 11) is 0. The second kappa shape index (κ2) is 8.75. The Morgan fingerprint density at radius 2 is 1.62 bits per heavy atom. The van der Waals surface area contributed by atoms with E-state index in [9.17, 15) is 9.59 Å². The first-order valence-corrected chi connectivity index (χ1v) is 11.2. The number of hydrogen-bond acceptors (Lipinski definition) is 4. The molecule has 0 spiro atoms. The Labute approximate surface area is 187 Å². The predicted octanol–water partition coefficient (Wildman–Crippen LogP) is 5.15. The van der Waals surface area contributed by atoms with Gasteiger partial charge in [0.2, 0.25) is 0 Å². The second-order valence-corrected chi connectivity index (χ2v) is 8.80. The number of amides is 1. The van der Waals surface area contributed by atoms with Gasteiger partial charge in [0.1, 0.15) is 6.61 Å². The minimum atomic E-state index is -0.320. The molecule has 3 aromatic rings. The molecule has 1 amide bonds. The maximum Gasteiger partial charge on any atom is 0.410 e. The highest BCUT2D eigenvalue weighted by molar-refractivity contribution is 6.10. The highest BCUT2D eigenvalue weighted by atomic mass is 16.6. The maximum absolute atomic E-state index is 13.7. The topological polar surface area (TPSA) is 55.8 Å². The Balaban J connectivity index is 1.34. The molecule has 2 unspecified atom stereocenters. The number of carbonyl (C=O) groups is 2. The van der Waals surface area contributed by atoms with Gasteiger partial charge in [-0.2, -0.15) is 0 Å². The number of rotatable bonds is 4. The van der Waals surface area contributed by atoms with Gasteiger partial charge in [0.05, 0.1) is 25.3 Å². The zero-order chi connectivity index (χ0) is 22.1. The van der Waals surface area contributed by atoms with Crippen LogP contribution in [0.4, 0.5) is 4.79 Å². The van der Waals surface area contributed by atoms with E-state index in [0.717, 1.165) is 27.5 Å². The molecular weight excluding hydrogens is 402 g/mol. The predicted molar refractivity (Wildman–Crippen MR) is 123 cm³/mol. The number of nitrogens with zero attached hydrogens (tertiary/aromatic N) is 1. The van der Waals surface area contributed by atoms with Crippen LogP contribution in [-0.4, -0.2) is 42.1 Å². The SMILES string of the molecule is Cc1ccc2ccccc2c1C(=O)C1CC2COCC(C1)N2C(=O)OCc1ccccc1. The van der Waals surface area contributed by atoms with Gasteiger partial charge in [0, 0.05) is 11.5 Å². The summed E-state index contributed by atoms with van der Waals surface area (Å²) in [5.74, 6) is 0.0464. The van der Waals surface area contributed by atoms with Crippen LogP contribution in [0, 0.1) is 12.8 Å². The van der Waals surface area contributed by atoms with E-state index in [4.69, 9.17) is 9.47 Å². The van der Waals surface area contributed by atoms with Crippen molar-refractivity contribution in [1.82, 2.24) is 4.90 Å². The molecule has 5 heteroatoms. The Morgan fingerprint density at radius 1 is 0.938 bits per heavy atom. The van der Waals surface area contributed by atoms with Crippen LogP contribution in [-0.2, 0) is 16.1 Å². The highest BCUT2D eigenvalue weighted by Crippen LogP contribution is 2.36. The lowest BCUT2D eigenvalue weighted by Crippen LogP contribution is -2.60. The molecule has 2 fully saturated rings. The Hall–Kier alpha value is -3.18. The summed E-state index contributed by atoms with van der Waals surface area (Å²) in [6, 6.07) is 21.5. The number of fused-ring (bicyclic) bond motifs is 3. The van der Waals surface area contributed by atoms with E-state index in [0.29, 0.717) is 26.1 Å². The van der Waals surface area contributed by atoms with Crippen molar-refractivity contribution in [3.8, 4) is 0 Å². The van der Waals surface area contributed by atoms with Crippen LogP contribution in [0.5, 0.6) is 0 Å². The van der Waals surface area contributed by atoms with Gasteiger partial charge in [0.25, 0.3) is 0 Å². The van der Waals surface area contributed by atoms with Gasteiger partial charge >= 0.3 is 6.09 Å². The molecule has 5 rings (SSSR count). The third-order valence-corrected chi connectivity index (χ3v) is 6.69. The zero-order valence-electron chi connectivity index (χ0n) is 18.2. The Kier molecular flexibility index (Phi) is 5.66. The molecule has 2 saturated heterocycles. The van der Waals surface area contributed by atoms with Crippen molar-refractivity contribution in [2.24, 2.45) is 5.92 Å². The fourth-order valence-electron chi connectivity index (χ4n) is 5.13. The molecular formula is C27H27NO4. The molecule has 32 heavy (non-hydrogen) atoms. The number of hydrogen-bond donors (Lipinski definition) is 0. The van der Waals surface area contributed by atoms with Crippen LogP contribution >= 0.6 is 0 Å². The summed E-state index contributed by atoms with van der Waals surface area (Å²) in [6.45, 7) is 3.12. The molecule has 3 aromatic carbocycles. The van der Waals surface area contributed by atoms with E-state index in [1.807, 2.05) is 72.5 Å². The van der Waals surface area contributed by atoms with E-state index in [-0.39, 0.29) is 36.5 Å². The number of Topliss-reactive ketones (excluding diaryl/α,β-unsaturated/α-hetero) is 1. The van der Waals surface area contributed by atoms with Gasteiger partial charge in [-0.25, -0.2) is 4.79 Å². The van der Waals surface area contributed by atoms with Crippen molar-refractivity contribution in [2.75, 3.05) is 13.2 Å². The quantitative estimate of drug-likeness (QED) is 0.539. The lowest BCUT2D eigenvalue weighted by molar-refractivity contribution is -0.0755. The largest absolute Gasteiger partial charge is 0.445 e. The molecule has 0 N–H and O–H groups in total. The van der Waals surface area contributed by atoms with E-state index in [1.54, 1.807) is 0 Å². The molecule has 2 bridgehead atoms. The molecule has 2 atom stereocenters. The molecule has 2 aliphatic rings. The minimum absolute atomic E-state index is 0.128. The van der Waals surface area contributed by atoms with Crippen LogP contribution in [0.25, 0.3) is 10.8 Å². The molecule has 0 aromatic heterocycles. The average Bonchev–Trinajstić information content (AvgIpc) is 2.82. The van der Waals surface area contributed by atoms with Crippen molar-refractivity contribution < 1.29 is 19.1 Å². The van der Waals surface area contributed by atoms with Crippen LogP contribution in [0.2, 0.25) is 0 Å². The third kappa shape index (κ3) is 3.89. The van der Waals surface area contributed by atoms with Gasteiger partial charge in [-0.1, -0.05) is 66.7 Å². The summed E-state index contributed by atoms with van der Waals surface area (Å²) in [6.07, 6.45) is 0.871. The molecule has 2 heterocycles. The molecule has 2 aliphatic heterocycles. The summed E-state index contributed by atoms with van der Waals surface area (Å²) in [5, 5.41) is 2.08. The van der Waals surface area contributed by atoms with E-state index >= 15 is 0 Å². The molecule has 5 nitrogen and oxygen atoms in total. The number of benzene rings is 3. The van der Waals surface area contributed by atoms with Crippen molar-refractivity contribution >= 4 is 22.6 Å². The third-order valence-electron chi connectivity index (χ3n) is 6.69. The monoisotopic (exact) mass is 429 g/mol. The number of aryl methyl sites for hydroxylation is 1. The van der Waals surface area contributed by atoms with E-state index in [2.05, 4.69) is 6.07 Å². The van der Waals surface area contributed by atoms with Gasteiger partial charge < -0.3 is 9.47 Å². The highest BCUT2D eigenvalue weighted by Gasteiger charge is 2.44. The van der Waals surface area contributed by atoms with Gasteiger partial charge in [-0.15, -0.1) is 0 Å². The average molecular weight is 430 g/mol. The van der Waals surface area contributed by atoms with Crippen LogP contribution < -0.4 is 0 Å². The number of carbonyl (C=O) groups excluding carboxylic acids is 2. The van der Waals surface area contributed by atoms with E-state index in [1.165, 1.54) is 0 Å². The molecule has 0 aliphatic carbocycles. The van der Waals surface area contributed by atoms with Gasteiger partial charge in [0.15, 0.2) is 5.78 Å². The lowest BCUT2D eigenvalue weighted by atomic mass is 9.79. The standard InChI is InChI=1S/C27H27NO4/c1-18-11-12-20-9-5-6-10-24(20)25(18)26(29)21-13-22-16-31-17-23(14-21)28(22)27(30)32-15-19-7-3-2-4-8-19/h2-12,21-23H,13-17H2,1H3. The molecule has 0 radical (unpaired) electrons. The second-order valence-electron chi connectivity index (χ2n) is 8.80. The summed E-state index contributed by atoms with van der Waals surface area (Å²) in [5.41, 5.74) is 2.77. The number of piperidine rings is 1. The number of ether oxygens (including phenoxy) is 2. The first-order chi connectivity index (χ1) is 15.6. The summed E-state index contributed by atoms with van der Waals surface area (Å²) < 4.78 is 11.4. The number of morpholine rings is 1. The van der Waals surface area contributed by atoms with Crippen molar-refractivity contribution in [3.63, 3.8) is 0 Å². The smallest absolute Gasteiger partial charge is 0.410 e. The number of ketones is 1. The van der Waals surface area contributed by atoms with Crippen LogP contribution in [0.1, 0.15) is 34.3 Å². The Morgan fingerprint density at radius 3 is 2.38 bits per heavy atom. The maximum atomic E-state index is 13.7. The fourth-order valence-corrected chi connectivity index (χ4v) is 5.13. The Bertz CT molecular complexity index is 1130. The summed E-state index contributed by atoms with van der Waals surface area (Å²) in [4.78, 5) is 28.4. The van der Waals surface area contributed by atoms with Crippen LogP contribution in [0.3, 0.4) is 0 Å².